The van der Waals surface area contributed by atoms with E-state index in [4.69, 9.17) is 0 Å². The molecule has 3 saturated carbocycles. The maximum atomic E-state index is 12.3. The molecular formula is C22H28O4. The largest absolute Gasteiger partial charge is 0.475 e. The highest BCUT2D eigenvalue weighted by atomic mass is 16.4. The second kappa shape index (κ2) is 5.64. The summed E-state index contributed by atoms with van der Waals surface area (Å²) >= 11 is 0. The molecule has 0 radical (unpaired) electrons. The molecule has 0 saturated heterocycles. The zero-order chi connectivity index (χ0) is 18.9. The van der Waals surface area contributed by atoms with E-state index in [1.807, 2.05) is 6.08 Å². The maximum Gasteiger partial charge on any atom is 0.372 e. The van der Waals surface area contributed by atoms with Crippen molar-refractivity contribution >= 4 is 17.5 Å². The van der Waals surface area contributed by atoms with Gasteiger partial charge < -0.3 is 5.11 Å². The van der Waals surface area contributed by atoms with Crippen LogP contribution in [0, 0.1) is 40.4 Å². The van der Waals surface area contributed by atoms with Gasteiger partial charge in [0, 0.05) is 11.3 Å². The number of Topliss-reactive ketones (excluding diaryl/α,β-unsaturated/α-hetero) is 1. The molecule has 1 N–H and O–H groups in total. The summed E-state index contributed by atoms with van der Waals surface area (Å²) in [5.41, 5.74) is 1.00. The van der Waals surface area contributed by atoms with Gasteiger partial charge in [-0.25, -0.2) is 4.79 Å². The second-order valence-electron chi connectivity index (χ2n) is 9.48. The quantitative estimate of drug-likeness (QED) is 0.764. The smallest absolute Gasteiger partial charge is 0.372 e. The van der Waals surface area contributed by atoms with E-state index in [1.165, 1.54) is 5.57 Å². The molecule has 4 aliphatic carbocycles. The molecule has 140 valence electrons. The predicted molar refractivity (Wildman–Crippen MR) is 97.3 cm³/mol. The lowest BCUT2D eigenvalue weighted by atomic mass is 9.46. The SMILES string of the molecule is C[C@H]1C[C@H]2[C@@H]3CC[C@H](C(=O)C(=O)O)[C@@]3(C)CC[C@@H]2[C@@]2(C)C=CC(=O)C=C12. The number of aliphatic carboxylic acids is 1. The number of carboxylic acids is 1. The number of carbonyl (C=O) groups excluding carboxylic acids is 2. The van der Waals surface area contributed by atoms with E-state index < -0.39 is 11.8 Å². The van der Waals surface area contributed by atoms with Gasteiger partial charge in [-0.15, -0.1) is 0 Å². The number of fused-ring (bicyclic) bond motifs is 5. The summed E-state index contributed by atoms with van der Waals surface area (Å²) in [6, 6.07) is 0. The van der Waals surface area contributed by atoms with Gasteiger partial charge in [-0.1, -0.05) is 32.4 Å². The normalized spacial score (nSPS) is 46.8. The Kier molecular flexibility index (Phi) is 3.84. The van der Waals surface area contributed by atoms with Gasteiger partial charge in [-0.3, -0.25) is 9.59 Å². The summed E-state index contributed by atoms with van der Waals surface area (Å²) in [4.78, 5) is 35.5. The Bertz CT molecular complexity index is 747. The van der Waals surface area contributed by atoms with Gasteiger partial charge >= 0.3 is 5.97 Å². The van der Waals surface area contributed by atoms with Gasteiger partial charge in [0.2, 0.25) is 5.78 Å². The summed E-state index contributed by atoms with van der Waals surface area (Å²) in [7, 11) is 0. The summed E-state index contributed by atoms with van der Waals surface area (Å²) < 4.78 is 0. The molecule has 0 aliphatic heterocycles. The minimum atomic E-state index is -1.28. The molecule has 4 aliphatic rings. The molecule has 0 heterocycles. The number of ketones is 2. The standard InChI is InChI=1S/C22H28O4/c1-12-10-14-15-4-5-17(19(24)20(25)26)21(15,2)9-7-16(14)22(3)8-6-13(23)11-18(12)22/h6,8,11-12,14-17H,4-5,7,9-10H2,1-3H3,(H,25,26)/t12-,14-,15-,16-,17+,21-,22+/m0/s1. The Morgan fingerprint density at radius 3 is 2.58 bits per heavy atom. The van der Waals surface area contributed by atoms with E-state index in [2.05, 4.69) is 26.8 Å². The van der Waals surface area contributed by atoms with Gasteiger partial charge in [0.15, 0.2) is 5.78 Å². The van der Waals surface area contributed by atoms with Crippen LogP contribution in [0.5, 0.6) is 0 Å². The zero-order valence-electron chi connectivity index (χ0n) is 15.8. The molecule has 0 bridgehead atoms. The average Bonchev–Trinajstić information content (AvgIpc) is 2.93. The van der Waals surface area contributed by atoms with Crippen LogP contribution in [-0.4, -0.2) is 22.6 Å². The summed E-state index contributed by atoms with van der Waals surface area (Å²) in [5, 5.41) is 9.24. The Labute approximate surface area is 154 Å². The van der Waals surface area contributed by atoms with Crippen molar-refractivity contribution in [3.05, 3.63) is 23.8 Å². The van der Waals surface area contributed by atoms with Crippen molar-refractivity contribution in [1.29, 1.82) is 0 Å². The van der Waals surface area contributed by atoms with E-state index in [0.717, 1.165) is 25.7 Å². The van der Waals surface area contributed by atoms with Gasteiger partial charge in [-0.2, -0.15) is 0 Å². The first-order valence-electron chi connectivity index (χ1n) is 9.91. The molecule has 3 fully saturated rings. The highest BCUT2D eigenvalue weighted by Gasteiger charge is 2.61. The zero-order valence-corrected chi connectivity index (χ0v) is 15.8. The van der Waals surface area contributed by atoms with Crippen LogP contribution < -0.4 is 0 Å². The lowest BCUT2D eigenvalue weighted by Gasteiger charge is -2.58. The molecule has 7 atom stereocenters. The van der Waals surface area contributed by atoms with Gasteiger partial charge in [0.1, 0.15) is 0 Å². The van der Waals surface area contributed by atoms with Gasteiger partial charge in [0.25, 0.3) is 0 Å². The van der Waals surface area contributed by atoms with Crippen LogP contribution >= 0.6 is 0 Å². The molecule has 0 aromatic heterocycles. The molecule has 0 amide bonds. The Balaban J connectivity index is 1.69. The van der Waals surface area contributed by atoms with Crippen molar-refractivity contribution in [2.75, 3.05) is 0 Å². The number of carbonyl (C=O) groups is 3. The fourth-order valence-electron chi connectivity index (χ4n) is 7.19. The number of carboxylic acid groups (broad SMARTS) is 1. The van der Waals surface area contributed by atoms with Crippen molar-refractivity contribution < 1.29 is 19.5 Å². The van der Waals surface area contributed by atoms with Crippen LogP contribution in [-0.2, 0) is 14.4 Å². The molecule has 0 spiro atoms. The van der Waals surface area contributed by atoms with Crippen LogP contribution in [0.2, 0.25) is 0 Å². The van der Waals surface area contributed by atoms with Crippen molar-refractivity contribution in [2.45, 2.75) is 52.9 Å². The summed E-state index contributed by atoms with van der Waals surface area (Å²) in [5.74, 6) is -0.380. The number of hydrogen-bond acceptors (Lipinski definition) is 3. The van der Waals surface area contributed by atoms with Crippen molar-refractivity contribution in [3.8, 4) is 0 Å². The van der Waals surface area contributed by atoms with Crippen LogP contribution in [0.1, 0.15) is 52.9 Å². The van der Waals surface area contributed by atoms with Gasteiger partial charge in [0.05, 0.1) is 0 Å². The van der Waals surface area contributed by atoms with Crippen LogP contribution in [0.4, 0.5) is 0 Å². The minimum absolute atomic E-state index is 0.0769. The van der Waals surface area contributed by atoms with Crippen molar-refractivity contribution in [1.82, 2.24) is 0 Å². The summed E-state index contributed by atoms with van der Waals surface area (Å²) in [6.07, 6.45) is 10.3. The Morgan fingerprint density at radius 2 is 1.88 bits per heavy atom. The van der Waals surface area contributed by atoms with Crippen molar-refractivity contribution in [3.63, 3.8) is 0 Å². The highest BCUT2D eigenvalue weighted by Crippen LogP contribution is 2.66. The van der Waals surface area contributed by atoms with Crippen LogP contribution in [0.15, 0.2) is 23.8 Å². The van der Waals surface area contributed by atoms with Gasteiger partial charge in [-0.05, 0) is 73.3 Å². The molecular weight excluding hydrogens is 328 g/mol. The molecule has 0 unspecified atom stereocenters. The lowest BCUT2D eigenvalue weighted by Crippen LogP contribution is -2.52. The Hall–Kier alpha value is -1.71. The van der Waals surface area contributed by atoms with Crippen LogP contribution in [0.3, 0.4) is 0 Å². The van der Waals surface area contributed by atoms with E-state index in [9.17, 15) is 19.5 Å². The lowest BCUT2D eigenvalue weighted by molar-refractivity contribution is -0.154. The second-order valence-corrected chi connectivity index (χ2v) is 9.48. The molecule has 4 rings (SSSR count). The third kappa shape index (κ3) is 2.23. The van der Waals surface area contributed by atoms with E-state index >= 15 is 0 Å². The Morgan fingerprint density at radius 1 is 1.15 bits per heavy atom. The molecule has 4 nitrogen and oxygen atoms in total. The summed E-state index contributed by atoms with van der Waals surface area (Å²) in [6.45, 7) is 6.64. The fraction of sp³-hybridized carbons (Fsp3) is 0.682. The van der Waals surface area contributed by atoms with E-state index in [1.54, 1.807) is 6.08 Å². The number of allylic oxidation sites excluding steroid dienone is 4. The highest BCUT2D eigenvalue weighted by molar-refractivity contribution is 6.33. The number of rotatable bonds is 2. The van der Waals surface area contributed by atoms with Crippen molar-refractivity contribution in [2.24, 2.45) is 40.4 Å². The first kappa shape index (κ1) is 17.7. The van der Waals surface area contributed by atoms with Crippen LogP contribution in [0.25, 0.3) is 0 Å². The molecule has 0 aromatic carbocycles. The fourth-order valence-corrected chi connectivity index (χ4v) is 7.19. The monoisotopic (exact) mass is 356 g/mol. The number of hydrogen-bond donors (Lipinski definition) is 1. The van der Waals surface area contributed by atoms with E-state index in [0.29, 0.717) is 30.1 Å². The predicted octanol–water partition coefficient (Wildman–Crippen LogP) is 3.81. The molecule has 4 heteroatoms. The first-order valence-corrected chi connectivity index (χ1v) is 9.91. The first-order chi connectivity index (χ1) is 12.2. The third-order valence-corrected chi connectivity index (χ3v) is 8.40. The molecule has 26 heavy (non-hydrogen) atoms. The van der Waals surface area contributed by atoms with E-state index in [-0.39, 0.29) is 22.5 Å². The minimum Gasteiger partial charge on any atom is -0.475 e. The maximum absolute atomic E-state index is 12.3. The third-order valence-electron chi connectivity index (χ3n) is 8.40. The topological polar surface area (TPSA) is 71.4 Å². The molecule has 0 aromatic rings. The average molecular weight is 356 g/mol.